The summed E-state index contributed by atoms with van der Waals surface area (Å²) in [5, 5.41) is 3.72. The van der Waals surface area contributed by atoms with Crippen LogP contribution in [0.15, 0.2) is 46.9 Å². The molecule has 0 spiro atoms. The number of carbonyl (C=O) groups is 1. The molecule has 0 aliphatic rings. The minimum atomic E-state index is -0.605. The number of hydrogen-bond donors (Lipinski definition) is 2. The fourth-order valence-corrected chi connectivity index (χ4v) is 2.34. The highest BCUT2D eigenvalue weighted by Crippen LogP contribution is 2.27. The molecule has 1 atom stereocenters. The van der Waals surface area contributed by atoms with Gasteiger partial charge in [-0.3, -0.25) is 4.79 Å². The van der Waals surface area contributed by atoms with Crippen molar-refractivity contribution in [3.63, 3.8) is 0 Å². The van der Waals surface area contributed by atoms with Gasteiger partial charge in [-0.1, -0.05) is 35.4 Å². The second-order valence-electron chi connectivity index (χ2n) is 4.52. The van der Waals surface area contributed by atoms with Crippen LogP contribution in [-0.2, 0) is 4.79 Å². The highest BCUT2D eigenvalue weighted by Gasteiger charge is 2.18. The van der Waals surface area contributed by atoms with Crippen LogP contribution in [0, 0.1) is 6.92 Å². The maximum absolute atomic E-state index is 11.7. The number of hydrogen-bond acceptors (Lipinski definition) is 2. The maximum atomic E-state index is 11.7. The summed E-state index contributed by atoms with van der Waals surface area (Å²) in [5.41, 5.74) is 8.24. The molecular weight excluding hydrogens is 340 g/mol. The zero-order valence-corrected chi connectivity index (χ0v) is 13.2. The largest absolute Gasteiger partial charge is 0.370 e. The van der Waals surface area contributed by atoms with Gasteiger partial charge in [0.2, 0.25) is 5.91 Å². The fourth-order valence-electron chi connectivity index (χ4n) is 1.83. The molecule has 20 heavy (non-hydrogen) atoms. The first kappa shape index (κ1) is 14.9. The van der Waals surface area contributed by atoms with E-state index in [1.54, 1.807) is 18.2 Å². The van der Waals surface area contributed by atoms with E-state index in [1.807, 2.05) is 31.2 Å². The molecule has 1 amide bonds. The molecule has 0 saturated carbocycles. The number of nitrogens with two attached hydrogens (primary N) is 1. The van der Waals surface area contributed by atoms with Gasteiger partial charge in [0.15, 0.2) is 0 Å². The summed E-state index contributed by atoms with van der Waals surface area (Å²) >= 11 is 9.31. The van der Waals surface area contributed by atoms with Gasteiger partial charge in [0, 0.05) is 10.2 Å². The topological polar surface area (TPSA) is 55.1 Å². The van der Waals surface area contributed by atoms with Crippen LogP contribution in [0.25, 0.3) is 0 Å². The average Bonchev–Trinajstić information content (AvgIpc) is 2.41. The molecule has 3 nitrogen and oxygen atoms in total. The predicted molar refractivity (Wildman–Crippen MR) is 85.9 cm³/mol. The van der Waals surface area contributed by atoms with Gasteiger partial charge in [-0.25, -0.2) is 0 Å². The molecule has 2 aromatic rings. The van der Waals surface area contributed by atoms with E-state index in [4.69, 9.17) is 17.3 Å². The summed E-state index contributed by atoms with van der Waals surface area (Å²) in [5.74, 6) is -0.445. The molecule has 0 aliphatic carbocycles. The molecule has 0 saturated heterocycles. The number of aryl methyl sites for hydroxylation is 1. The Balaban J connectivity index is 2.29. The van der Waals surface area contributed by atoms with Crippen molar-refractivity contribution in [2.24, 2.45) is 5.73 Å². The first-order valence-electron chi connectivity index (χ1n) is 6.05. The van der Waals surface area contributed by atoms with Crippen LogP contribution in [-0.4, -0.2) is 5.91 Å². The molecule has 5 heteroatoms. The van der Waals surface area contributed by atoms with Crippen LogP contribution in [0.4, 0.5) is 5.69 Å². The minimum Gasteiger partial charge on any atom is -0.370 e. The molecule has 104 valence electrons. The molecule has 3 N–H and O–H groups in total. The van der Waals surface area contributed by atoms with Crippen molar-refractivity contribution in [2.75, 3.05) is 5.32 Å². The lowest BCUT2D eigenvalue weighted by Gasteiger charge is -2.18. The van der Waals surface area contributed by atoms with E-state index in [2.05, 4.69) is 21.2 Å². The normalized spacial score (nSPS) is 11.9. The number of rotatable bonds is 4. The molecule has 0 fully saturated rings. The van der Waals surface area contributed by atoms with Crippen molar-refractivity contribution in [3.8, 4) is 0 Å². The lowest BCUT2D eigenvalue weighted by molar-refractivity contribution is -0.118. The number of primary amides is 1. The Morgan fingerprint density at radius 2 is 1.90 bits per heavy atom. The number of amides is 1. The van der Waals surface area contributed by atoms with E-state index in [-0.39, 0.29) is 0 Å². The van der Waals surface area contributed by atoms with Crippen molar-refractivity contribution in [2.45, 2.75) is 13.0 Å². The number of anilines is 1. The Hall–Kier alpha value is -1.52. The second kappa shape index (κ2) is 6.29. The third kappa shape index (κ3) is 3.52. The lowest BCUT2D eigenvalue weighted by Crippen LogP contribution is -2.27. The summed E-state index contributed by atoms with van der Waals surface area (Å²) < 4.78 is 0.730. The summed E-state index contributed by atoms with van der Waals surface area (Å²) in [6.45, 7) is 2.01. The third-order valence-corrected chi connectivity index (χ3v) is 4.14. The van der Waals surface area contributed by atoms with Crippen LogP contribution in [0.5, 0.6) is 0 Å². The number of carbonyl (C=O) groups excluding carboxylic acids is 1. The summed E-state index contributed by atoms with van der Waals surface area (Å²) in [7, 11) is 0. The first-order valence-corrected chi connectivity index (χ1v) is 7.22. The van der Waals surface area contributed by atoms with Gasteiger partial charge in [0.1, 0.15) is 6.04 Å². The van der Waals surface area contributed by atoms with Gasteiger partial charge in [-0.15, -0.1) is 0 Å². The second-order valence-corrected chi connectivity index (χ2v) is 5.78. The van der Waals surface area contributed by atoms with Crippen LogP contribution in [0.1, 0.15) is 17.2 Å². The van der Waals surface area contributed by atoms with E-state index in [0.29, 0.717) is 5.02 Å². The number of benzene rings is 2. The first-order chi connectivity index (χ1) is 9.47. The van der Waals surface area contributed by atoms with Crippen LogP contribution in [0.2, 0.25) is 5.02 Å². The Bertz CT molecular complexity index is 628. The zero-order valence-electron chi connectivity index (χ0n) is 10.9. The van der Waals surface area contributed by atoms with Crippen molar-refractivity contribution >= 4 is 39.1 Å². The van der Waals surface area contributed by atoms with Crippen molar-refractivity contribution < 1.29 is 4.79 Å². The molecule has 1 unspecified atom stereocenters. The minimum absolute atomic E-state index is 0.445. The van der Waals surface area contributed by atoms with Gasteiger partial charge in [0.25, 0.3) is 0 Å². The standard InChI is InChI=1S/C15H14BrClN2O/c1-9-2-5-11(6-3-9)19-14(15(18)20)10-4-7-13(17)12(16)8-10/h2-8,14,19H,1H3,(H2,18,20). The summed E-state index contributed by atoms with van der Waals surface area (Å²) in [6, 6.07) is 12.5. The van der Waals surface area contributed by atoms with E-state index >= 15 is 0 Å². The Morgan fingerprint density at radius 1 is 1.25 bits per heavy atom. The van der Waals surface area contributed by atoms with Crippen molar-refractivity contribution in [1.82, 2.24) is 0 Å². The molecule has 0 aliphatic heterocycles. The molecular formula is C15H14BrClN2O. The number of nitrogens with one attached hydrogen (secondary N) is 1. The van der Waals surface area contributed by atoms with Crippen molar-refractivity contribution in [1.29, 1.82) is 0 Å². The molecule has 2 aromatic carbocycles. The highest BCUT2D eigenvalue weighted by atomic mass is 79.9. The summed E-state index contributed by atoms with van der Waals surface area (Å²) in [6.07, 6.45) is 0. The summed E-state index contributed by atoms with van der Waals surface area (Å²) in [4.78, 5) is 11.7. The molecule has 0 bridgehead atoms. The van der Waals surface area contributed by atoms with Gasteiger partial charge in [-0.05, 0) is 52.7 Å². The van der Waals surface area contributed by atoms with Crippen LogP contribution >= 0.6 is 27.5 Å². The Labute approximate surface area is 131 Å². The van der Waals surface area contributed by atoms with Gasteiger partial charge in [-0.2, -0.15) is 0 Å². The third-order valence-electron chi connectivity index (χ3n) is 2.92. The monoisotopic (exact) mass is 352 g/mol. The highest BCUT2D eigenvalue weighted by molar-refractivity contribution is 9.10. The smallest absolute Gasteiger partial charge is 0.244 e. The number of halogens is 2. The van der Waals surface area contributed by atoms with E-state index in [9.17, 15) is 4.79 Å². The van der Waals surface area contributed by atoms with E-state index < -0.39 is 11.9 Å². The average molecular weight is 354 g/mol. The maximum Gasteiger partial charge on any atom is 0.244 e. The van der Waals surface area contributed by atoms with Gasteiger partial charge >= 0.3 is 0 Å². The molecule has 0 heterocycles. The van der Waals surface area contributed by atoms with Gasteiger partial charge < -0.3 is 11.1 Å². The molecule has 0 radical (unpaired) electrons. The molecule has 2 rings (SSSR count). The molecule has 0 aromatic heterocycles. The Kier molecular flexibility index (Phi) is 4.68. The predicted octanol–water partition coefficient (Wildman–Crippen LogP) is 4.05. The van der Waals surface area contributed by atoms with E-state index in [0.717, 1.165) is 21.3 Å². The fraction of sp³-hybridized carbons (Fsp3) is 0.133. The Morgan fingerprint density at radius 3 is 2.45 bits per heavy atom. The lowest BCUT2D eigenvalue weighted by atomic mass is 10.1. The van der Waals surface area contributed by atoms with Crippen molar-refractivity contribution in [3.05, 3.63) is 63.1 Å². The van der Waals surface area contributed by atoms with Crippen LogP contribution in [0.3, 0.4) is 0 Å². The van der Waals surface area contributed by atoms with Gasteiger partial charge in [0.05, 0.1) is 5.02 Å². The van der Waals surface area contributed by atoms with Crippen LogP contribution < -0.4 is 11.1 Å². The SMILES string of the molecule is Cc1ccc(NC(C(N)=O)c2ccc(Cl)c(Br)c2)cc1. The quantitative estimate of drug-likeness (QED) is 0.871. The van der Waals surface area contributed by atoms with E-state index in [1.165, 1.54) is 0 Å². The zero-order chi connectivity index (χ0) is 14.7.